The summed E-state index contributed by atoms with van der Waals surface area (Å²) in [4.78, 5) is 42.0. The molecule has 0 aliphatic carbocycles. The van der Waals surface area contributed by atoms with E-state index in [9.17, 15) is 14.4 Å². The highest BCUT2D eigenvalue weighted by atomic mass is 16.7. The second-order valence-corrected chi connectivity index (χ2v) is 7.89. The minimum atomic E-state index is -0.622. The fourth-order valence-electron chi connectivity index (χ4n) is 3.70. The van der Waals surface area contributed by atoms with Crippen LogP contribution in [-0.4, -0.2) is 42.5 Å². The molecule has 1 heterocycles. The number of imide groups is 1. The van der Waals surface area contributed by atoms with Crippen molar-refractivity contribution in [2.45, 2.75) is 58.9 Å². The lowest BCUT2D eigenvalue weighted by molar-refractivity contribution is -0.196. The minimum Gasteiger partial charge on any atom is -0.495 e. The second kappa shape index (κ2) is 9.65. The van der Waals surface area contributed by atoms with Gasteiger partial charge in [0.15, 0.2) is 0 Å². The summed E-state index contributed by atoms with van der Waals surface area (Å²) < 4.78 is 5.39. The molecule has 8 nitrogen and oxygen atoms in total. The summed E-state index contributed by atoms with van der Waals surface area (Å²) in [5, 5.41) is 0.478. The number of carbonyl (C=O) groups is 3. The van der Waals surface area contributed by atoms with Gasteiger partial charge < -0.3 is 20.2 Å². The van der Waals surface area contributed by atoms with Crippen LogP contribution in [0.5, 0.6) is 5.75 Å². The number of nitrogens with zero attached hydrogens (tertiary/aromatic N) is 2. The molecule has 0 atom stereocenters. The van der Waals surface area contributed by atoms with Gasteiger partial charge in [-0.05, 0) is 45.3 Å². The summed E-state index contributed by atoms with van der Waals surface area (Å²) in [5.74, 6) is -0.555. The Morgan fingerprint density at radius 2 is 1.97 bits per heavy atom. The Kier molecular flexibility index (Phi) is 7.48. The lowest BCUT2D eigenvalue weighted by atomic mass is 9.88. The average Bonchev–Trinajstić information content (AvgIpc) is 2.68. The van der Waals surface area contributed by atoms with Crippen LogP contribution in [0.1, 0.15) is 58.9 Å². The number of carbonyl (C=O) groups excluding carboxylic acids is 3. The molecular weight excluding hydrogens is 386 g/mol. The highest BCUT2D eigenvalue weighted by Crippen LogP contribution is 2.43. The Morgan fingerprint density at radius 1 is 1.27 bits per heavy atom. The smallest absolute Gasteiger partial charge is 0.333 e. The van der Waals surface area contributed by atoms with Crippen LogP contribution in [0.15, 0.2) is 18.2 Å². The number of allylic oxidation sites excluding steroid dienone is 1. The summed E-state index contributed by atoms with van der Waals surface area (Å²) in [6, 6.07) is 3.82. The van der Waals surface area contributed by atoms with Gasteiger partial charge in [-0.3, -0.25) is 9.59 Å². The number of anilines is 2. The van der Waals surface area contributed by atoms with E-state index in [1.165, 1.54) is 0 Å². The lowest BCUT2D eigenvalue weighted by Gasteiger charge is -2.43. The summed E-state index contributed by atoms with van der Waals surface area (Å²) in [7, 11) is 1.58. The highest BCUT2D eigenvalue weighted by molar-refractivity contribution is 5.87. The fraction of sp³-hybridized carbons (Fsp3) is 0.500. The van der Waals surface area contributed by atoms with Gasteiger partial charge in [0.2, 0.25) is 0 Å². The monoisotopic (exact) mass is 417 g/mol. The quantitative estimate of drug-likeness (QED) is 0.393. The Balaban J connectivity index is 2.10. The van der Waals surface area contributed by atoms with E-state index in [0.29, 0.717) is 35.9 Å². The first-order valence-electron chi connectivity index (χ1n) is 10.1. The second-order valence-electron chi connectivity index (χ2n) is 7.89. The predicted molar refractivity (Wildman–Crippen MR) is 116 cm³/mol. The van der Waals surface area contributed by atoms with Gasteiger partial charge in [-0.1, -0.05) is 13.0 Å². The standard InChI is InChI=1S/C22H31N3O5/c1-6-8-20(27)25(14-26)30-21(28)9-7-10-24-18-12-19(29-5)17(23)11-16(18)15(2)13-22(24,3)4/h11-14H,6-10,23H2,1-5H3. The molecule has 0 saturated carbocycles. The molecule has 0 bridgehead atoms. The van der Waals surface area contributed by atoms with Crippen LogP contribution in [-0.2, 0) is 19.2 Å². The third-order valence-electron chi connectivity index (χ3n) is 5.10. The van der Waals surface area contributed by atoms with Gasteiger partial charge in [0.1, 0.15) is 5.75 Å². The third kappa shape index (κ3) is 5.11. The SMILES string of the molecule is CCCC(=O)N(C=O)OC(=O)CCCN1c2cc(OC)c(N)cc2C(C)=CC1(C)C. The van der Waals surface area contributed by atoms with Crippen LogP contribution in [0.4, 0.5) is 11.4 Å². The molecule has 30 heavy (non-hydrogen) atoms. The van der Waals surface area contributed by atoms with Crippen molar-refractivity contribution in [2.24, 2.45) is 0 Å². The van der Waals surface area contributed by atoms with Crippen LogP contribution >= 0.6 is 0 Å². The molecule has 1 aromatic carbocycles. The van der Waals surface area contributed by atoms with Gasteiger partial charge in [0, 0.05) is 36.7 Å². The zero-order valence-corrected chi connectivity index (χ0v) is 18.4. The number of hydrogen-bond donors (Lipinski definition) is 1. The van der Waals surface area contributed by atoms with E-state index in [1.54, 1.807) is 14.0 Å². The molecule has 2 amide bonds. The van der Waals surface area contributed by atoms with E-state index in [1.807, 2.05) is 19.1 Å². The van der Waals surface area contributed by atoms with Crippen molar-refractivity contribution in [1.29, 1.82) is 0 Å². The largest absolute Gasteiger partial charge is 0.495 e. The Labute approximate surface area is 177 Å². The van der Waals surface area contributed by atoms with Gasteiger partial charge >= 0.3 is 5.97 Å². The average molecular weight is 418 g/mol. The summed E-state index contributed by atoms with van der Waals surface area (Å²) in [6.07, 6.45) is 3.64. The predicted octanol–water partition coefficient (Wildman–Crippen LogP) is 3.30. The zero-order valence-electron chi connectivity index (χ0n) is 18.4. The molecule has 1 aromatic rings. The number of rotatable bonds is 8. The maximum Gasteiger partial charge on any atom is 0.333 e. The molecule has 0 spiro atoms. The van der Waals surface area contributed by atoms with E-state index in [2.05, 4.69) is 24.8 Å². The topological polar surface area (TPSA) is 102 Å². The van der Waals surface area contributed by atoms with E-state index in [4.69, 9.17) is 15.3 Å². The molecule has 1 aliphatic heterocycles. The maximum absolute atomic E-state index is 12.1. The Hall–Kier alpha value is -3.03. The molecule has 1 aliphatic rings. The van der Waals surface area contributed by atoms with Gasteiger partial charge in [0.25, 0.3) is 12.3 Å². The number of methoxy groups -OCH3 is 1. The molecular formula is C22H31N3O5. The normalized spacial score (nSPS) is 14.4. The van der Waals surface area contributed by atoms with Crippen LogP contribution in [0, 0.1) is 0 Å². The number of fused-ring (bicyclic) bond motifs is 1. The van der Waals surface area contributed by atoms with E-state index < -0.39 is 11.9 Å². The van der Waals surface area contributed by atoms with Gasteiger partial charge in [-0.2, -0.15) is 0 Å². The highest BCUT2D eigenvalue weighted by Gasteiger charge is 2.32. The van der Waals surface area contributed by atoms with Gasteiger partial charge in [0.05, 0.1) is 18.3 Å². The maximum atomic E-state index is 12.1. The lowest BCUT2D eigenvalue weighted by Crippen LogP contribution is -2.45. The molecule has 0 aromatic heterocycles. The number of nitrogens with two attached hydrogens (primary N) is 1. The van der Waals surface area contributed by atoms with Crippen molar-refractivity contribution in [3.05, 3.63) is 23.8 Å². The molecule has 2 rings (SSSR count). The molecule has 8 heteroatoms. The van der Waals surface area contributed by atoms with E-state index in [0.717, 1.165) is 16.8 Å². The van der Waals surface area contributed by atoms with Crippen LogP contribution in [0.3, 0.4) is 0 Å². The fourth-order valence-corrected chi connectivity index (χ4v) is 3.70. The summed E-state index contributed by atoms with van der Waals surface area (Å²) in [5.41, 5.74) is 9.49. The minimum absolute atomic E-state index is 0.0699. The number of hydrogen-bond acceptors (Lipinski definition) is 7. The molecule has 2 N–H and O–H groups in total. The first-order chi connectivity index (χ1) is 14.1. The van der Waals surface area contributed by atoms with Crippen molar-refractivity contribution < 1.29 is 24.0 Å². The van der Waals surface area contributed by atoms with Gasteiger partial charge in [-0.25, -0.2) is 4.79 Å². The van der Waals surface area contributed by atoms with E-state index >= 15 is 0 Å². The van der Waals surface area contributed by atoms with Crippen molar-refractivity contribution >= 4 is 35.2 Å². The van der Waals surface area contributed by atoms with Crippen LogP contribution < -0.4 is 15.4 Å². The molecule has 0 fully saturated rings. The summed E-state index contributed by atoms with van der Waals surface area (Å²) in [6.45, 7) is 8.61. The summed E-state index contributed by atoms with van der Waals surface area (Å²) >= 11 is 0. The first-order valence-corrected chi connectivity index (χ1v) is 10.1. The molecule has 0 unspecified atom stereocenters. The number of hydroxylamine groups is 2. The molecule has 0 radical (unpaired) electrons. The first kappa shape index (κ1) is 23.3. The number of nitrogen functional groups attached to an aromatic ring is 1. The van der Waals surface area contributed by atoms with Crippen molar-refractivity contribution in [2.75, 3.05) is 24.3 Å². The van der Waals surface area contributed by atoms with Crippen molar-refractivity contribution in [3.63, 3.8) is 0 Å². The van der Waals surface area contributed by atoms with Crippen LogP contribution in [0.2, 0.25) is 0 Å². The van der Waals surface area contributed by atoms with E-state index in [-0.39, 0.29) is 24.8 Å². The Morgan fingerprint density at radius 3 is 2.57 bits per heavy atom. The number of benzene rings is 1. The molecule has 0 saturated heterocycles. The molecule has 164 valence electrons. The third-order valence-corrected chi connectivity index (χ3v) is 5.10. The van der Waals surface area contributed by atoms with Crippen molar-refractivity contribution in [1.82, 2.24) is 5.06 Å². The number of ether oxygens (including phenoxy) is 1. The van der Waals surface area contributed by atoms with Crippen LogP contribution in [0.25, 0.3) is 5.57 Å². The Bertz CT molecular complexity index is 847. The van der Waals surface area contributed by atoms with Gasteiger partial charge in [-0.15, -0.1) is 5.06 Å². The zero-order chi connectivity index (χ0) is 22.5. The number of amides is 2. The van der Waals surface area contributed by atoms with Crippen molar-refractivity contribution in [3.8, 4) is 5.75 Å².